The Balaban J connectivity index is 1.46. The Bertz CT molecular complexity index is 824. The molecule has 4 rings (SSSR count). The fraction of sp³-hybridized carbons (Fsp3) is 0.368. The molecule has 5 nitrogen and oxygen atoms in total. The van der Waals surface area contributed by atoms with Gasteiger partial charge in [0.05, 0.1) is 11.6 Å². The normalized spacial score (nSPS) is 19.1. The Kier molecular flexibility index (Phi) is 4.25. The van der Waals surface area contributed by atoms with Crippen molar-refractivity contribution in [2.24, 2.45) is 0 Å². The summed E-state index contributed by atoms with van der Waals surface area (Å²) >= 11 is 6.23. The largest absolute Gasteiger partial charge is 0.356 e. The third-order valence-corrected chi connectivity index (χ3v) is 5.44. The molecular weight excluding hydrogens is 338 g/mol. The van der Waals surface area contributed by atoms with Gasteiger partial charge in [-0.1, -0.05) is 23.7 Å². The third-order valence-electron chi connectivity index (χ3n) is 5.09. The molecule has 25 heavy (non-hydrogen) atoms. The van der Waals surface area contributed by atoms with Crippen LogP contribution in [0.4, 0.5) is 0 Å². The van der Waals surface area contributed by atoms with E-state index in [1.54, 1.807) is 12.3 Å². The summed E-state index contributed by atoms with van der Waals surface area (Å²) < 4.78 is 0. The molecule has 2 aliphatic rings. The van der Waals surface area contributed by atoms with Crippen LogP contribution >= 0.6 is 11.6 Å². The first-order chi connectivity index (χ1) is 12.1. The molecular formula is C19H20ClN3O2. The first-order valence-corrected chi connectivity index (χ1v) is 9.07. The molecule has 1 atom stereocenters. The number of rotatable bonds is 3. The van der Waals surface area contributed by atoms with Crippen LogP contribution in [0.15, 0.2) is 30.5 Å². The van der Waals surface area contributed by atoms with Crippen molar-refractivity contribution in [3.63, 3.8) is 0 Å². The van der Waals surface area contributed by atoms with Gasteiger partial charge in [0, 0.05) is 24.3 Å². The van der Waals surface area contributed by atoms with Crippen LogP contribution in [0.2, 0.25) is 5.02 Å². The Morgan fingerprint density at radius 3 is 2.84 bits per heavy atom. The van der Waals surface area contributed by atoms with Gasteiger partial charge in [-0.15, -0.1) is 0 Å². The van der Waals surface area contributed by atoms with E-state index in [1.807, 2.05) is 23.1 Å². The summed E-state index contributed by atoms with van der Waals surface area (Å²) in [5.41, 5.74) is 3.16. The fourth-order valence-corrected chi connectivity index (χ4v) is 4.02. The number of amides is 2. The van der Waals surface area contributed by atoms with Crippen molar-refractivity contribution in [2.75, 3.05) is 13.1 Å². The number of carbonyl (C=O) groups is 2. The summed E-state index contributed by atoms with van der Waals surface area (Å²) in [6.45, 7) is 1.58. The van der Waals surface area contributed by atoms with Crippen LogP contribution in [0.25, 0.3) is 0 Å². The Hall–Kier alpha value is -2.27. The van der Waals surface area contributed by atoms with Crippen molar-refractivity contribution >= 4 is 23.4 Å². The van der Waals surface area contributed by atoms with E-state index >= 15 is 0 Å². The maximum absolute atomic E-state index is 12.6. The zero-order valence-corrected chi connectivity index (χ0v) is 14.6. The highest BCUT2D eigenvalue weighted by atomic mass is 35.5. The number of carbonyl (C=O) groups excluding carboxylic acids is 2. The predicted octanol–water partition coefficient (Wildman–Crippen LogP) is 3.32. The zero-order chi connectivity index (χ0) is 17.4. The Morgan fingerprint density at radius 1 is 1.24 bits per heavy atom. The first kappa shape index (κ1) is 16.2. The summed E-state index contributed by atoms with van der Waals surface area (Å²) in [5.74, 6) is -0.205. The number of hydrogen-bond donors (Lipinski definition) is 2. The van der Waals surface area contributed by atoms with Crippen LogP contribution in [0, 0.1) is 0 Å². The van der Waals surface area contributed by atoms with Crippen LogP contribution in [-0.2, 0) is 6.42 Å². The molecule has 1 saturated heterocycles. The van der Waals surface area contributed by atoms with Crippen molar-refractivity contribution in [2.45, 2.75) is 31.7 Å². The lowest BCUT2D eigenvalue weighted by molar-refractivity contribution is 0.0787. The van der Waals surface area contributed by atoms with Gasteiger partial charge in [-0.25, -0.2) is 0 Å². The second kappa shape index (κ2) is 6.56. The molecule has 1 aliphatic carbocycles. The number of nitrogens with zero attached hydrogens (tertiary/aromatic N) is 1. The monoisotopic (exact) mass is 357 g/mol. The molecule has 0 saturated carbocycles. The maximum Gasteiger partial charge on any atom is 0.270 e. The van der Waals surface area contributed by atoms with E-state index in [1.165, 1.54) is 0 Å². The summed E-state index contributed by atoms with van der Waals surface area (Å²) in [7, 11) is 0. The molecule has 130 valence electrons. The SMILES string of the molecule is O=C(NC1CCc2c(Cl)cccc21)c1c[nH]c(C(=O)N2CCCC2)c1. The molecule has 2 heterocycles. The average molecular weight is 358 g/mol. The van der Waals surface area contributed by atoms with Crippen LogP contribution < -0.4 is 5.32 Å². The number of fused-ring (bicyclic) bond motifs is 1. The van der Waals surface area contributed by atoms with Crippen molar-refractivity contribution < 1.29 is 9.59 Å². The van der Waals surface area contributed by atoms with E-state index in [-0.39, 0.29) is 17.9 Å². The highest BCUT2D eigenvalue weighted by Crippen LogP contribution is 2.35. The summed E-state index contributed by atoms with van der Waals surface area (Å²) in [5, 5.41) is 3.82. The standard InChI is InChI=1S/C19H20ClN3O2/c20-15-5-3-4-14-13(15)6-7-16(14)22-18(24)12-10-17(21-11-12)19(25)23-8-1-2-9-23/h3-5,10-11,16,21H,1-2,6-9H2,(H,22,24). The van der Waals surface area contributed by atoms with E-state index in [0.717, 1.165) is 54.9 Å². The van der Waals surface area contributed by atoms with E-state index in [2.05, 4.69) is 10.3 Å². The van der Waals surface area contributed by atoms with Gasteiger partial charge >= 0.3 is 0 Å². The van der Waals surface area contributed by atoms with E-state index in [4.69, 9.17) is 11.6 Å². The second-order valence-electron chi connectivity index (χ2n) is 6.67. The average Bonchev–Trinajstić information content (AvgIpc) is 3.36. The quantitative estimate of drug-likeness (QED) is 0.885. The first-order valence-electron chi connectivity index (χ1n) is 8.69. The van der Waals surface area contributed by atoms with Crippen LogP contribution in [-0.4, -0.2) is 34.8 Å². The summed E-state index contributed by atoms with van der Waals surface area (Å²) in [4.78, 5) is 29.7. The van der Waals surface area contributed by atoms with Gasteiger partial charge in [0.2, 0.25) is 0 Å². The van der Waals surface area contributed by atoms with Gasteiger partial charge in [0.25, 0.3) is 11.8 Å². The highest BCUT2D eigenvalue weighted by molar-refractivity contribution is 6.31. The minimum atomic E-state index is -0.172. The van der Waals surface area contributed by atoms with Crippen LogP contribution in [0.5, 0.6) is 0 Å². The fourth-order valence-electron chi connectivity index (χ4n) is 3.74. The van der Waals surface area contributed by atoms with Gasteiger partial charge in [0.15, 0.2) is 0 Å². The number of likely N-dealkylation sites (tertiary alicyclic amines) is 1. The van der Waals surface area contributed by atoms with Gasteiger partial charge < -0.3 is 15.2 Å². The van der Waals surface area contributed by atoms with Crippen molar-refractivity contribution in [3.8, 4) is 0 Å². The molecule has 0 spiro atoms. The third kappa shape index (κ3) is 3.04. The second-order valence-corrected chi connectivity index (χ2v) is 7.08. The smallest absolute Gasteiger partial charge is 0.270 e. The van der Waals surface area contributed by atoms with E-state index in [9.17, 15) is 9.59 Å². The lowest BCUT2D eigenvalue weighted by Crippen LogP contribution is -2.28. The van der Waals surface area contributed by atoms with Gasteiger partial charge in [-0.3, -0.25) is 9.59 Å². The Morgan fingerprint density at radius 2 is 2.04 bits per heavy atom. The molecule has 1 unspecified atom stereocenters. The van der Waals surface area contributed by atoms with Gasteiger partial charge in [-0.05, 0) is 48.9 Å². The number of benzene rings is 1. The highest BCUT2D eigenvalue weighted by Gasteiger charge is 2.27. The van der Waals surface area contributed by atoms with Crippen molar-refractivity contribution in [1.29, 1.82) is 0 Å². The number of halogens is 1. The lowest BCUT2D eigenvalue weighted by atomic mass is 10.1. The molecule has 2 N–H and O–H groups in total. The summed E-state index contributed by atoms with van der Waals surface area (Å²) in [6, 6.07) is 7.42. The lowest BCUT2D eigenvalue weighted by Gasteiger charge is -2.14. The zero-order valence-electron chi connectivity index (χ0n) is 13.8. The number of aromatic amines is 1. The maximum atomic E-state index is 12.6. The van der Waals surface area contributed by atoms with E-state index < -0.39 is 0 Å². The number of nitrogens with one attached hydrogen (secondary N) is 2. The molecule has 1 aromatic heterocycles. The minimum Gasteiger partial charge on any atom is -0.356 e. The molecule has 1 aliphatic heterocycles. The molecule has 0 radical (unpaired) electrons. The van der Waals surface area contributed by atoms with Crippen LogP contribution in [0.1, 0.15) is 57.3 Å². The molecule has 1 fully saturated rings. The minimum absolute atomic E-state index is 0.0328. The number of aromatic nitrogens is 1. The van der Waals surface area contributed by atoms with Crippen molar-refractivity contribution in [3.05, 3.63) is 57.9 Å². The molecule has 6 heteroatoms. The molecule has 2 amide bonds. The van der Waals surface area contributed by atoms with Crippen molar-refractivity contribution in [1.82, 2.24) is 15.2 Å². The summed E-state index contributed by atoms with van der Waals surface area (Å²) in [6.07, 6.45) is 5.40. The molecule has 2 aromatic rings. The van der Waals surface area contributed by atoms with Crippen LogP contribution in [0.3, 0.4) is 0 Å². The van der Waals surface area contributed by atoms with Gasteiger partial charge in [0.1, 0.15) is 5.69 Å². The number of hydrogen-bond acceptors (Lipinski definition) is 2. The topological polar surface area (TPSA) is 65.2 Å². The van der Waals surface area contributed by atoms with E-state index in [0.29, 0.717) is 11.3 Å². The predicted molar refractivity (Wildman–Crippen MR) is 95.9 cm³/mol. The molecule has 0 bridgehead atoms. The Labute approximate surface area is 151 Å². The number of H-pyrrole nitrogens is 1. The van der Waals surface area contributed by atoms with Gasteiger partial charge in [-0.2, -0.15) is 0 Å². The molecule has 1 aromatic carbocycles.